The average Bonchev–Trinajstić information content (AvgIpc) is 3.18. The number of para-hydroxylation sites is 1. The number of methoxy groups -OCH3 is 1. The lowest BCUT2D eigenvalue weighted by atomic mass is 10.1. The summed E-state index contributed by atoms with van der Waals surface area (Å²) < 4.78 is 15.9. The highest BCUT2D eigenvalue weighted by Gasteiger charge is 2.26. The van der Waals surface area contributed by atoms with Gasteiger partial charge in [0, 0.05) is 12.1 Å². The molecule has 184 valence electrons. The van der Waals surface area contributed by atoms with Crippen molar-refractivity contribution in [3.8, 4) is 11.5 Å². The summed E-state index contributed by atoms with van der Waals surface area (Å²) in [6.07, 6.45) is 0.652. The van der Waals surface area contributed by atoms with E-state index in [0.717, 1.165) is 17.1 Å². The summed E-state index contributed by atoms with van der Waals surface area (Å²) >= 11 is 1.05. The number of nitrogens with one attached hydrogen (secondary N) is 2. The van der Waals surface area contributed by atoms with Crippen LogP contribution in [0.15, 0.2) is 54.6 Å². The Hall–Kier alpha value is -3.85. The highest BCUT2D eigenvalue weighted by atomic mass is 32.1. The lowest BCUT2D eigenvalue weighted by molar-refractivity contribution is -0.116. The Morgan fingerprint density at radius 3 is 2.29 bits per heavy atom. The predicted octanol–water partition coefficient (Wildman–Crippen LogP) is 5.29. The SMILES string of the molecule is CCOC(=O)c1c(NC(=O)CCCOc2ccc(OC)cc2)sc(C(=O)Nc2ccccc2)c1C. The molecule has 0 bridgehead atoms. The molecule has 0 fully saturated rings. The van der Waals surface area contributed by atoms with Crippen LogP contribution in [-0.2, 0) is 9.53 Å². The molecule has 0 aliphatic carbocycles. The van der Waals surface area contributed by atoms with Crippen molar-refractivity contribution in [1.82, 2.24) is 0 Å². The third-order valence-corrected chi connectivity index (χ3v) is 6.20. The number of ether oxygens (including phenoxy) is 3. The standard InChI is InChI=1S/C26H28N2O6S/c1-4-33-26(31)22-17(2)23(24(30)27-18-9-6-5-7-10-18)35-25(22)28-21(29)11-8-16-34-20-14-12-19(32-3)13-15-20/h5-7,9-10,12-15H,4,8,11,16H2,1-3H3,(H,27,30)(H,28,29). The summed E-state index contributed by atoms with van der Waals surface area (Å²) in [5, 5.41) is 5.87. The summed E-state index contributed by atoms with van der Waals surface area (Å²) in [6, 6.07) is 16.2. The van der Waals surface area contributed by atoms with E-state index in [-0.39, 0.29) is 30.4 Å². The number of benzene rings is 2. The number of carbonyl (C=O) groups is 3. The quantitative estimate of drug-likeness (QED) is 0.276. The number of esters is 1. The van der Waals surface area contributed by atoms with Crippen LogP contribution in [0.25, 0.3) is 0 Å². The minimum atomic E-state index is -0.585. The van der Waals surface area contributed by atoms with Gasteiger partial charge < -0.3 is 24.8 Å². The summed E-state index contributed by atoms with van der Waals surface area (Å²) in [4.78, 5) is 38.4. The molecule has 3 rings (SSSR count). The third kappa shape index (κ3) is 7.07. The molecule has 0 radical (unpaired) electrons. The van der Waals surface area contributed by atoms with Crippen LogP contribution in [0.2, 0.25) is 0 Å². The normalized spacial score (nSPS) is 10.4. The van der Waals surface area contributed by atoms with Crippen molar-refractivity contribution in [2.24, 2.45) is 0 Å². The molecule has 3 aromatic rings. The second kappa shape index (κ2) is 12.6. The van der Waals surface area contributed by atoms with Crippen LogP contribution < -0.4 is 20.1 Å². The summed E-state index contributed by atoms with van der Waals surface area (Å²) in [5.41, 5.74) is 1.28. The lowest BCUT2D eigenvalue weighted by Gasteiger charge is -2.08. The van der Waals surface area contributed by atoms with Crippen molar-refractivity contribution < 1.29 is 28.6 Å². The van der Waals surface area contributed by atoms with Gasteiger partial charge in [0.05, 0.1) is 30.8 Å². The first kappa shape index (κ1) is 25.8. The smallest absolute Gasteiger partial charge is 0.341 e. The lowest BCUT2D eigenvalue weighted by Crippen LogP contribution is -2.15. The van der Waals surface area contributed by atoms with Crippen LogP contribution in [-0.4, -0.2) is 38.1 Å². The molecular weight excluding hydrogens is 468 g/mol. The van der Waals surface area contributed by atoms with E-state index in [1.54, 1.807) is 57.4 Å². The van der Waals surface area contributed by atoms with E-state index in [0.29, 0.717) is 39.9 Å². The Kier molecular flexibility index (Phi) is 9.25. The van der Waals surface area contributed by atoms with Gasteiger partial charge in [-0.05, 0) is 62.2 Å². The molecule has 0 atom stereocenters. The number of anilines is 2. The van der Waals surface area contributed by atoms with E-state index in [2.05, 4.69) is 10.6 Å². The van der Waals surface area contributed by atoms with Crippen LogP contribution >= 0.6 is 11.3 Å². The molecule has 0 spiro atoms. The molecule has 2 aromatic carbocycles. The molecule has 9 heteroatoms. The molecule has 0 aliphatic rings. The van der Waals surface area contributed by atoms with Crippen LogP contribution in [0.1, 0.15) is 45.4 Å². The van der Waals surface area contributed by atoms with Crippen LogP contribution in [0.3, 0.4) is 0 Å². The van der Waals surface area contributed by atoms with Crippen molar-refractivity contribution >= 4 is 39.8 Å². The van der Waals surface area contributed by atoms with Gasteiger partial charge in [-0.25, -0.2) is 4.79 Å². The number of hydrogen-bond acceptors (Lipinski definition) is 7. The van der Waals surface area contributed by atoms with E-state index < -0.39 is 5.97 Å². The van der Waals surface area contributed by atoms with Gasteiger partial charge in [-0.3, -0.25) is 9.59 Å². The monoisotopic (exact) mass is 496 g/mol. The van der Waals surface area contributed by atoms with Gasteiger partial charge in [-0.2, -0.15) is 0 Å². The van der Waals surface area contributed by atoms with Crippen LogP contribution in [0, 0.1) is 6.92 Å². The maximum Gasteiger partial charge on any atom is 0.341 e. The van der Waals surface area contributed by atoms with Crippen LogP contribution in [0.5, 0.6) is 11.5 Å². The molecule has 35 heavy (non-hydrogen) atoms. The molecule has 2 amide bonds. The first-order chi connectivity index (χ1) is 16.9. The van der Waals surface area contributed by atoms with Gasteiger partial charge in [0.15, 0.2) is 0 Å². The molecular formula is C26H28N2O6S. The molecule has 0 unspecified atom stereocenters. The van der Waals surface area contributed by atoms with E-state index in [4.69, 9.17) is 14.2 Å². The summed E-state index contributed by atoms with van der Waals surface area (Å²) in [7, 11) is 1.59. The molecule has 0 saturated heterocycles. The van der Waals surface area contributed by atoms with Crippen molar-refractivity contribution in [1.29, 1.82) is 0 Å². The second-order valence-electron chi connectivity index (χ2n) is 7.48. The van der Waals surface area contributed by atoms with Gasteiger partial charge in [0.2, 0.25) is 5.91 Å². The van der Waals surface area contributed by atoms with Gasteiger partial charge in [0.25, 0.3) is 5.91 Å². The first-order valence-electron chi connectivity index (χ1n) is 11.2. The van der Waals surface area contributed by atoms with Gasteiger partial charge in [-0.15, -0.1) is 11.3 Å². The van der Waals surface area contributed by atoms with Gasteiger partial charge >= 0.3 is 5.97 Å². The summed E-state index contributed by atoms with van der Waals surface area (Å²) in [5.74, 6) is 0.178. The Balaban J connectivity index is 1.64. The Morgan fingerprint density at radius 1 is 0.943 bits per heavy atom. The maximum atomic E-state index is 12.9. The largest absolute Gasteiger partial charge is 0.497 e. The predicted molar refractivity (Wildman–Crippen MR) is 136 cm³/mol. The average molecular weight is 497 g/mol. The number of thiophene rings is 1. The van der Waals surface area contributed by atoms with E-state index in [1.165, 1.54) is 0 Å². The first-order valence-corrected chi connectivity index (χ1v) is 12.0. The van der Waals surface area contributed by atoms with E-state index in [1.807, 2.05) is 18.2 Å². The van der Waals surface area contributed by atoms with E-state index in [9.17, 15) is 14.4 Å². The van der Waals surface area contributed by atoms with Crippen molar-refractivity contribution in [2.45, 2.75) is 26.7 Å². The zero-order valence-corrected chi connectivity index (χ0v) is 20.7. The van der Waals surface area contributed by atoms with Crippen molar-refractivity contribution in [2.75, 3.05) is 31.0 Å². The number of carbonyl (C=O) groups excluding carboxylic acids is 3. The zero-order chi connectivity index (χ0) is 25.2. The van der Waals surface area contributed by atoms with Crippen molar-refractivity contribution in [3.05, 3.63) is 70.6 Å². The van der Waals surface area contributed by atoms with Gasteiger partial charge in [-0.1, -0.05) is 18.2 Å². The fourth-order valence-corrected chi connectivity index (χ4v) is 4.37. The molecule has 1 heterocycles. The molecule has 1 aromatic heterocycles. The minimum Gasteiger partial charge on any atom is -0.497 e. The molecule has 0 saturated carbocycles. The zero-order valence-electron chi connectivity index (χ0n) is 19.9. The Labute approximate surface area is 208 Å². The Bertz CT molecular complexity index is 1160. The summed E-state index contributed by atoms with van der Waals surface area (Å²) in [6.45, 7) is 3.89. The fraction of sp³-hybridized carbons (Fsp3) is 0.269. The van der Waals surface area contributed by atoms with Crippen LogP contribution in [0.4, 0.5) is 10.7 Å². The molecule has 8 nitrogen and oxygen atoms in total. The molecule has 0 aliphatic heterocycles. The topological polar surface area (TPSA) is 103 Å². The third-order valence-electron chi connectivity index (χ3n) is 4.99. The second-order valence-corrected chi connectivity index (χ2v) is 8.50. The maximum absolute atomic E-state index is 12.9. The minimum absolute atomic E-state index is 0.176. The fourth-order valence-electron chi connectivity index (χ4n) is 3.26. The number of hydrogen-bond donors (Lipinski definition) is 2. The molecule has 2 N–H and O–H groups in total. The highest BCUT2D eigenvalue weighted by molar-refractivity contribution is 7.18. The highest BCUT2D eigenvalue weighted by Crippen LogP contribution is 2.34. The Morgan fingerprint density at radius 2 is 1.63 bits per heavy atom. The van der Waals surface area contributed by atoms with Gasteiger partial charge in [0.1, 0.15) is 16.5 Å². The van der Waals surface area contributed by atoms with Crippen molar-refractivity contribution in [3.63, 3.8) is 0 Å². The number of amides is 2. The van der Waals surface area contributed by atoms with E-state index >= 15 is 0 Å². The number of rotatable bonds is 11.